The minimum absolute atomic E-state index is 0.735. The minimum atomic E-state index is 0.735. The molecular formula is C9H17O. The molecule has 1 heteroatoms. The van der Waals surface area contributed by atoms with E-state index >= 15 is 0 Å². The summed E-state index contributed by atoms with van der Waals surface area (Å²) in [5.41, 5.74) is 0. The van der Waals surface area contributed by atoms with Crippen molar-refractivity contribution in [2.75, 3.05) is 6.61 Å². The van der Waals surface area contributed by atoms with Crippen molar-refractivity contribution < 1.29 is 4.74 Å². The summed E-state index contributed by atoms with van der Waals surface area (Å²) >= 11 is 0. The predicted molar refractivity (Wildman–Crippen MR) is 42.4 cm³/mol. The second kappa shape index (κ2) is 3.97. The topological polar surface area (TPSA) is 9.23 Å². The molecule has 1 radical (unpaired) electrons. The molecule has 0 unspecified atom stereocenters. The van der Waals surface area contributed by atoms with Crippen molar-refractivity contribution in [3.63, 3.8) is 0 Å². The van der Waals surface area contributed by atoms with E-state index in [-0.39, 0.29) is 0 Å². The third kappa shape index (κ3) is 3.89. The van der Waals surface area contributed by atoms with Crippen LogP contribution in [-0.4, -0.2) is 6.61 Å². The van der Waals surface area contributed by atoms with Crippen molar-refractivity contribution in [2.24, 2.45) is 11.8 Å². The van der Waals surface area contributed by atoms with Crippen LogP contribution in [-0.2, 0) is 4.74 Å². The van der Waals surface area contributed by atoms with Crippen molar-refractivity contribution in [1.82, 2.24) is 0 Å². The second-order valence-corrected chi connectivity index (χ2v) is 3.57. The van der Waals surface area contributed by atoms with Gasteiger partial charge in [-0.05, 0) is 31.1 Å². The molecule has 0 aromatic rings. The van der Waals surface area contributed by atoms with Gasteiger partial charge < -0.3 is 4.74 Å². The average Bonchev–Trinajstić information content (AvgIpc) is 2.62. The molecule has 1 fully saturated rings. The molecule has 1 aliphatic rings. The van der Waals surface area contributed by atoms with Crippen LogP contribution in [0, 0.1) is 18.4 Å². The molecule has 10 heavy (non-hydrogen) atoms. The van der Waals surface area contributed by atoms with Gasteiger partial charge in [-0.3, -0.25) is 0 Å². The summed E-state index contributed by atoms with van der Waals surface area (Å²) in [4.78, 5) is 0. The Hall–Kier alpha value is -0.0400. The van der Waals surface area contributed by atoms with Gasteiger partial charge in [0, 0.05) is 6.61 Å². The number of hydrogen-bond donors (Lipinski definition) is 0. The fraction of sp³-hybridized carbons (Fsp3) is 0.889. The molecule has 1 nitrogen and oxygen atoms in total. The van der Waals surface area contributed by atoms with Crippen LogP contribution in [0.2, 0.25) is 0 Å². The van der Waals surface area contributed by atoms with E-state index in [2.05, 4.69) is 13.8 Å². The Morgan fingerprint density at radius 3 is 2.70 bits per heavy atom. The molecule has 0 atom stereocenters. The molecule has 0 amide bonds. The quantitative estimate of drug-likeness (QED) is 0.535. The normalized spacial score (nSPS) is 18.3. The average molecular weight is 141 g/mol. The lowest BCUT2D eigenvalue weighted by Gasteiger charge is -2.03. The van der Waals surface area contributed by atoms with Crippen LogP contribution >= 0.6 is 0 Å². The largest absolute Gasteiger partial charge is 0.375 e. The molecular weight excluding hydrogens is 124 g/mol. The number of rotatable bonds is 5. The summed E-state index contributed by atoms with van der Waals surface area (Å²) in [6.45, 7) is 7.34. The van der Waals surface area contributed by atoms with Gasteiger partial charge in [0.2, 0.25) is 0 Å². The zero-order chi connectivity index (χ0) is 7.40. The third-order valence-electron chi connectivity index (χ3n) is 1.71. The van der Waals surface area contributed by atoms with E-state index in [1.165, 1.54) is 12.8 Å². The molecule has 0 aromatic carbocycles. The Balaban J connectivity index is 1.76. The zero-order valence-electron chi connectivity index (χ0n) is 6.97. The monoisotopic (exact) mass is 141 g/mol. The zero-order valence-corrected chi connectivity index (χ0v) is 6.97. The van der Waals surface area contributed by atoms with Crippen molar-refractivity contribution in [2.45, 2.75) is 33.1 Å². The van der Waals surface area contributed by atoms with Gasteiger partial charge in [0.1, 0.15) is 0 Å². The van der Waals surface area contributed by atoms with Gasteiger partial charge in [-0.2, -0.15) is 0 Å². The Labute approximate surface area is 63.8 Å². The minimum Gasteiger partial charge on any atom is -0.375 e. The molecule has 59 valence electrons. The molecule has 0 N–H and O–H groups in total. The van der Waals surface area contributed by atoms with Crippen LogP contribution in [0.4, 0.5) is 0 Å². The maximum absolute atomic E-state index is 5.34. The molecule has 0 heterocycles. The molecule has 1 rings (SSSR count). The van der Waals surface area contributed by atoms with E-state index in [1.807, 2.05) is 6.61 Å². The first-order valence-corrected chi connectivity index (χ1v) is 4.22. The van der Waals surface area contributed by atoms with E-state index in [9.17, 15) is 0 Å². The van der Waals surface area contributed by atoms with Gasteiger partial charge in [-0.1, -0.05) is 13.8 Å². The lowest BCUT2D eigenvalue weighted by Crippen LogP contribution is -1.96. The van der Waals surface area contributed by atoms with Crippen molar-refractivity contribution in [3.05, 3.63) is 6.61 Å². The SMILES string of the molecule is CC(C)C[CH]OCC1CC1. The molecule has 0 aliphatic heterocycles. The van der Waals surface area contributed by atoms with Gasteiger partial charge in [0.15, 0.2) is 0 Å². The summed E-state index contributed by atoms with van der Waals surface area (Å²) in [5, 5.41) is 0. The molecule has 0 saturated heterocycles. The van der Waals surface area contributed by atoms with Crippen LogP contribution in [0.1, 0.15) is 33.1 Å². The number of hydrogen-bond acceptors (Lipinski definition) is 1. The Morgan fingerprint density at radius 1 is 1.50 bits per heavy atom. The second-order valence-electron chi connectivity index (χ2n) is 3.57. The highest BCUT2D eigenvalue weighted by atomic mass is 16.5. The first-order valence-electron chi connectivity index (χ1n) is 4.22. The summed E-state index contributed by atoms with van der Waals surface area (Å²) < 4.78 is 5.34. The van der Waals surface area contributed by atoms with Crippen LogP contribution in [0.25, 0.3) is 0 Å². The van der Waals surface area contributed by atoms with Crippen molar-refractivity contribution in [1.29, 1.82) is 0 Å². The highest BCUT2D eigenvalue weighted by Crippen LogP contribution is 2.29. The van der Waals surface area contributed by atoms with E-state index in [1.54, 1.807) is 0 Å². The third-order valence-corrected chi connectivity index (χ3v) is 1.71. The Bertz CT molecular complexity index is 80.7. The Morgan fingerprint density at radius 2 is 2.20 bits per heavy atom. The van der Waals surface area contributed by atoms with Crippen LogP contribution < -0.4 is 0 Å². The molecule has 0 spiro atoms. The fourth-order valence-electron chi connectivity index (χ4n) is 0.749. The van der Waals surface area contributed by atoms with Gasteiger partial charge in [-0.25, -0.2) is 0 Å². The van der Waals surface area contributed by atoms with E-state index in [4.69, 9.17) is 4.74 Å². The molecule has 0 aromatic heterocycles. The summed E-state index contributed by atoms with van der Waals surface area (Å²) in [7, 11) is 0. The summed E-state index contributed by atoms with van der Waals surface area (Å²) in [6.07, 6.45) is 3.86. The maximum Gasteiger partial charge on any atom is 0.0839 e. The maximum atomic E-state index is 5.34. The first-order chi connectivity index (χ1) is 4.79. The van der Waals surface area contributed by atoms with Crippen LogP contribution in [0.15, 0.2) is 0 Å². The Kier molecular flexibility index (Phi) is 3.20. The lowest BCUT2D eigenvalue weighted by molar-refractivity contribution is 0.173. The molecule has 1 aliphatic carbocycles. The lowest BCUT2D eigenvalue weighted by atomic mass is 10.1. The van der Waals surface area contributed by atoms with Gasteiger partial charge in [0.05, 0.1) is 6.61 Å². The van der Waals surface area contributed by atoms with Crippen molar-refractivity contribution >= 4 is 0 Å². The fourth-order valence-corrected chi connectivity index (χ4v) is 0.749. The van der Waals surface area contributed by atoms with Crippen LogP contribution in [0.3, 0.4) is 0 Å². The van der Waals surface area contributed by atoms with E-state index in [0.717, 1.165) is 24.9 Å². The first kappa shape index (κ1) is 8.06. The van der Waals surface area contributed by atoms with Gasteiger partial charge >= 0.3 is 0 Å². The summed E-state index contributed by atoms with van der Waals surface area (Å²) in [5.74, 6) is 1.63. The highest BCUT2D eigenvalue weighted by molar-refractivity contribution is 4.72. The molecule has 0 bridgehead atoms. The smallest absolute Gasteiger partial charge is 0.0839 e. The van der Waals surface area contributed by atoms with Gasteiger partial charge in [-0.15, -0.1) is 0 Å². The van der Waals surface area contributed by atoms with E-state index < -0.39 is 0 Å². The van der Waals surface area contributed by atoms with Gasteiger partial charge in [0.25, 0.3) is 0 Å². The molecule has 1 saturated carbocycles. The van der Waals surface area contributed by atoms with E-state index in [0.29, 0.717) is 0 Å². The van der Waals surface area contributed by atoms with Crippen molar-refractivity contribution in [3.8, 4) is 0 Å². The van der Waals surface area contributed by atoms with Crippen LogP contribution in [0.5, 0.6) is 0 Å². The summed E-state index contributed by atoms with van der Waals surface area (Å²) in [6, 6.07) is 0. The standard InChI is InChI=1S/C9H17O/c1-8(2)5-6-10-7-9-3-4-9/h6,8-9H,3-5,7H2,1-2H3. The number of ether oxygens (including phenoxy) is 1. The predicted octanol–water partition coefficient (Wildman–Crippen LogP) is 2.62. The highest BCUT2D eigenvalue weighted by Gasteiger charge is 2.20.